The Kier molecular flexibility index (Phi) is 2.33. The number of primary amides is 1. The summed E-state index contributed by atoms with van der Waals surface area (Å²) in [5.41, 5.74) is 10.3. The Bertz CT molecular complexity index is 716. The molecule has 5 N–H and O–H groups in total. The van der Waals surface area contributed by atoms with Gasteiger partial charge in [0, 0.05) is 0 Å². The fourth-order valence-electron chi connectivity index (χ4n) is 1.59. The number of fused-ring (bicyclic) bond motifs is 1. The SMILES string of the molecule is NC(=O)c1c(N)oc2cccc(S(=O)(=O)O)c12. The molecule has 8 heteroatoms. The molecule has 0 aliphatic heterocycles. The third-order valence-electron chi connectivity index (χ3n) is 2.23. The van der Waals surface area contributed by atoms with Crippen LogP contribution < -0.4 is 11.5 Å². The van der Waals surface area contributed by atoms with Gasteiger partial charge in [-0.1, -0.05) is 6.07 Å². The van der Waals surface area contributed by atoms with Crippen molar-refractivity contribution in [3.8, 4) is 0 Å². The van der Waals surface area contributed by atoms with Crippen molar-refractivity contribution in [1.29, 1.82) is 0 Å². The van der Waals surface area contributed by atoms with Crippen LogP contribution in [0.5, 0.6) is 0 Å². The standard InChI is InChI=1S/C9H8N2O5S/c10-8(12)7-6-4(16-9(7)11)2-1-3-5(6)17(13,14)15/h1-3H,11H2,(H2,10,12)(H,13,14,15). The zero-order valence-electron chi connectivity index (χ0n) is 8.38. The van der Waals surface area contributed by atoms with Gasteiger partial charge in [0.05, 0.1) is 5.39 Å². The summed E-state index contributed by atoms with van der Waals surface area (Å²) in [5, 5.41) is -0.111. The Labute approximate surface area is 95.7 Å². The van der Waals surface area contributed by atoms with E-state index in [9.17, 15) is 13.2 Å². The van der Waals surface area contributed by atoms with E-state index in [0.29, 0.717) is 0 Å². The molecule has 17 heavy (non-hydrogen) atoms. The molecule has 0 fully saturated rings. The maximum atomic E-state index is 11.2. The van der Waals surface area contributed by atoms with Crippen molar-refractivity contribution in [2.75, 3.05) is 5.73 Å². The van der Waals surface area contributed by atoms with Gasteiger partial charge in [-0.2, -0.15) is 8.42 Å². The van der Waals surface area contributed by atoms with Gasteiger partial charge in [0.25, 0.3) is 16.0 Å². The number of amides is 1. The van der Waals surface area contributed by atoms with Crippen molar-refractivity contribution in [2.45, 2.75) is 4.90 Å². The summed E-state index contributed by atoms with van der Waals surface area (Å²) in [6.07, 6.45) is 0. The molecule has 0 unspecified atom stereocenters. The quantitative estimate of drug-likeness (QED) is 0.663. The van der Waals surface area contributed by atoms with E-state index >= 15 is 0 Å². The van der Waals surface area contributed by atoms with Crippen LogP contribution >= 0.6 is 0 Å². The minimum absolute atomic E-state index is 0.0615. The summed E-state index contributed by atoms with van der Waals surface area (Å²) in [6.45, 7) is 0. The van der Waals surface area contributed by atoms with Crippen molar-refractivity contribution < 1.29 is 22.2 Å². The first-order chi connectivity index (χ1) is 7.82. The molecule has 1 amide bonds. The van der Waals surface area contributed by atoms with E-state index in [-0.39, 0.29) is 22.4 Å². The molecular weight excluding hydrogens is 248 g/mol. The smallest absolute Gasteiger partial charge is 0.295 e. The largest absolute Gasteiger partial charge is 0.440 e. The van der Waals surface area contributed by atoms with Crippen molar-refractivity contribution >= 4 is 32.9 Å². The minimum atomic E-state index is -4.50. The lowest BCUT2D eigenvalue weighted by Crippen LogP contribution is -2.13. The maximum Gasteiger partial charge on any atom is 0.295 e. The maximum absolute atomic E-state index is 11.2. The van der Waals surface area contributed by atoms with Gasteiger partial charge >= 0.3 is 0 Å². The summed E-state index contributed by atoms with van der Waals surface area (Å²) < 4.78 is 36.3. The highest BCUT2D eigenvalue weighted by Crippen LogP contribution is 2.32. The summed E-state index contributed by atoms with van der Waals surface area (Å²) in [4.78, 5) is 10.7. The van der Waals surface area contributed by atoms with Crippen LogP contribution in [0.25, 0.3) is 11.0 Å². The molecule has 0 radical (unpaired) electrons. The molecule has 2 aromatic rings. The predicted molar refractivity (Wildman–Crippen MR) is 59.0 cm³/mol. The van der Waals surface area contributed by atoms with Crippen LogP contribution in [-0.2, 0) is 10.1 Å². The first-order valence-corrected chi connectivity index (χ1v) is 5.84. The molecular formula is C9H8N2O5S. The highest BCUT2D eigenvalue weighted by atomic mass is 32.2. The number of carbonyl (C=O) groups is 1. The Hall–Kier alpha value is -2.06. The minimum Gasteiger partial charge on any atom is -0.440 e. The van der Waals surface area contributed by atoms with Gasteiger partial charge in [-0.05, 0) is 12.1 Å². The van der Waals surface area contributed by atoms with Crippen molar-refractivity contribution in [3.05, 3.63) is 23.8 Å². The fourth-order valence-corrected chi connectivity index (χ4v) is 2.31. The van der Waals surface area contributed by atoms with E-state index < -0.39 is 20.9 Å². The third-order valence-corrected chi connectivity index (χ3v) is 3.12. The summed E-state index contributed by atoms with van der Waals surface area (Å²) >= 11 is 0. The van der Waals surface area contributed by atoms with E-state index in [2.05, 4.69) is 0 Å². The molecule has 0 spiro atoms. The van der Waals surface area contributed by atoms with E-state index in [0.717, 1.165) is 6.07 Å². The van der Waals surface area contributed by atoms with Crippen LogP contribution in [0.3, 0.4) is 0 Å². The average molecular weight is 256 g/mol. The number of hydrogen-bond donors (Lipinski definition) is 3. The Morgan fingerprint density at radius 1 is 1.35 bits per heavy atom. The number of rotatable bonds is 2. The van der Waals surface area contributed by atoms with E-state index in [1.165, 1.54) is 12.1 Å². The van der Waals surface area contributed by atoms with Gasteiger partial charge in [-0.3, -0.25) is 9.35 Å². The van der Waals surface area contributed by atoms with Gasteiger partial charge in [0.15, 0.2) is 0 Å². The molecule has 1 aromatic carbocycles. The number of anilines is 1. The Morgan fingerprint density at radius 2 is 2.00 bits per heavy atom. The van der Waals surface area contributed by atoms with E-state index in [1.807, 2.05) is 0 Å². The second kappa shape index (κ2) is 3.47. The van der Waals surface area contributed by atoms with Crippen molar-refractivity contribution in [2.24, 2.45) is 5.73 Å². The zero-order valence-corrected chi connectivity index (χ0v) is 9.19. The van der Waals surface area contributed by atoms with Crippen LogP contribution in [0, 0.1) is 0 Å². The highest BCUT2D eigenvalue weighted by Gasteiger charge is 2.24. The first kappa shape index (κ1) is 11.4. The molecule has 0 atom stereocenters. The zero-order chi connectivity index (χ0) is 12.8. The molecule has 2 rings (SSSR count). The number of nitrogens with two attached hydrogens (primary N) is 2. The molecule has 0 bridgehead atoms. The normalized spacial score (nSPS) is 11.8. The number of furan rings is 1. The Morgan fingerprint density at radius 3 is 2.53 bits per heavy atom. The van der Waals surface area contributed by atoms with Gasteiger partial charge in [0.1, 0.15) is 16.0 Å². The topological polar surface area (TPSA) is 137 Å². The monoisotopic (exact) mass is 256 g/mol. The summed E-state index contributed by atoms with van der Waals surface area (Å²) in [7, 11) is -4.50. The molecule has 0 aliphatic carbocycles. The number of nitrogen functional groups attached to an aromatic ring is 1. The lowest BCUT2D eigenvalue weighted by atomic mass is 10.1. The van der Waals surface area contributed by atoms with E-state index in [4.69, 9.17) is 20.4 Å². The van der Waals surface area contributed by atoms with Crippen LogP contribution in [0.1, 0.15) is 10.4 Å². The van der Waals surface area contributed by atoms with Crippen LogP contribution in [0.4, 0.5) is 5.88 Å². The molecule has 1 heterocycles. The van der Waals surface area contributed by atoms with Gasteiger partial charge in [-0.15, -0.1) is 0 Å². The number of carbonyl (C=O) groups excluding carboxylic acids is 1. The second-order valence-corrected chi connectivity index (χ2v) is 4.70. The van der Waals surface area contributed by atoms with Gasteiger partial charge in [-0.25, -0.2) is 0 Å². The highest BCUT2D eigenvalue weighted by molar-refractivity contribution is 7.86. The first-order valence-electron chi connectivity index (χ1n) is 4.40. The molecule has 7 nitrogen and oxygen atoms in total. The third kappa shape index (κ3) is 1.73. The lowest BCUT2D eigenvalue weighted by Gasteiger charge is -1.99. The van der Waals surface area contributed by atoms with Crippen LogP contribution in [0.15, 0.2) is 27.5 Å². The van der Waals surface area contributed by atoms with Crippen molar-refractivity contribution in [1.82, 2.24) is 0 Å². The lowest BCUT2D eigenvalue weighted by molar-refractivity contribution is 0.100. The van der Waals surface area contributed by atoms with Crippen LogP contribution in [-0.4, -0.2) is 18.9 Å². The molecule has 0 saturated heterocycles. The fraction of sp³-hybridized carbons (Fsp3) is 0. The number of benzene rings is 1. The van der Waals surface area contributed by atoms with E-state index in [1.54, 1.807) is 0 Å². The Balaban J connectivity index is 3.02. The average Bonchev–Trinajstić information content (AvgIpc) is 2.51. The van der Waals surface area contributed by atoms with Crippen LogP contribution in [0.2, 0.25) is 0 Å². The molecule has 90 valence electrons. The molecule has 0 aliphatic rings. The van der Waals surface area contributed by atoms with Gasteiger partial charge < -0.3 is 15.9 Å². The predicted octanol–water partition coefficient (Wildman–Crippen LogP) is 0.361. The number of hydrogen-bond acceptors (Lipinski definition) is 5. The second-order valence-electron chi connectivity index (χ2n) is 3.31. The molecule has 1 aromatic heterocycles. The van der Waals surface area contributed by atoms with Crippen molar-refractivity contribution in [3.63, 3.8) is 0 Å². The van der Waals surface area contributed by atoms with Gasteiger partial charge in [0.2, 0.25) is 5.88 Å². The summed E-state index contributed by atoms with van der Waals surface area (Å²) in [6, 6.07) is 3.88. The summed E-state index contributed by atoms with van der Waals surface area (Å²) in [5.74, 6) is -1.22. The molecule has 0 saturated carbocycles.